The Morgan fingerprint density at radius 1 is 0.889 bits per heavy atom. The van der Waals surface area contributed by atoms with Gasteiger partial charge in [-0.25, -0.2) is 8.42 Å². The second kappa shape index (κ2) is 4.92. The third-order valence-electron chi connectivity index (χ3n) is 2.53. The van der Waals surface area contributed by atoms with Gasteiger partial charge in [-0.3, -0.25) is 0 Å². The molecular formula is C13H10Cl2O2S. The van der Waals surface area contributed by atoms with Crippen molar-refractivity contribution in [1.82, 2.24) is 0 Å². The molecule has 2 aromatic carbocycles. The lowest BCUT2D eigenvalue weighted by molar-refractivity contribution is 0.602. The minimum Gasteiger partial charge on any atom is -0.224 e. The molecule has 0 amide bonds. The number of hydrogen-bond donors (Lipinski definition) is 0. The van der Waals surface area contributed by atoms with Gasteiger partial charge in [-0.2, -0.15) is 0 Å². The lowest BCUT2D eigenvalue weighted by atomic mass is 10.1. The summed E-state index contributed by atoms with van der Waals surface area (Å²) in [4.78, 5) is 0.273. The van der Waals surface area contributed by atoms with Gasteiger partial charge in [-0.05, 0) is 29.8 Å². The highest BCUT2D eigenvalue weighted by Crippen LogP contribution is 2.34. The van der Waals surface area contributed by atoms with Crippen LogP contribution in [0.25, 0.3) is 11.1 Å². The van der Waals surface area contributed by atoms with Crippen LogP contribution in [-0.4, -0.2) is 14.7 Å². The molecule has 0 saturated carbocycles. The first-order valence-corrected chi connectivity index (χ1v) is 7.79. The van der Waals surface area contributed by atoms with Crippen LogP contribution in [0, 0.1) is 0 Å². The zero-order valence-corrected chi connectivity index (χ0v) is 11.9. The fourth-order valence-electron chi connectivity index (χ4n) is 1.64. The summed E-state index contributed by atoms with van der Waals surface area (Å²) in [6.07, 6.45) is 1.17. The lowest BCUT2D eigenvalue weighted by Crippen LogP contribution is -1.96. The molecule has 0 aliphatic carbocycles. The van der Waals surface area contributed by atoms with Crippen LogP contribution in [0.5, 0.6) is 0 Å². The van der Waals surface area contributed by atoms with Crippen LogP contribution in [0.4, 0.5) is 0 Å². The first-order valence-electron chi connectivity index (χ1n) is 5.14. The molecule has 0 radical (unpaired) electrons. The third kappa shape index (κ3) is 2.69. The first-order chi connectivity index (χ1) is 8.39. The summed E-state index contributed by atoms with van der Waals surface area (Å²) < 4.78 is 22.7. The van der Waals surface area contributed by atoms with Gasteiger partial charge in [0.1, 0.15) is 0 Å². The number of benzene rings is 2. The molecule has 0 aromatic heterocycles. The van der Waals surface area contributed by atoms with Crippen molar-refractivity contribution in [3.63, 3.8) is 0 Å². The molecule has 2 aromatic rings. The molecule has 0 heterocycles. The summed E-state index contributed by atoms with van der Waals surface area (Å²) >= 11 is 12.2. The zero-order chi connectivity index (χ0) is 13.3. The monoisotopic (exact) mass is 300 g/mol. The molecule has 0 atom stereocenters. The first kappa shape index (κ1) is 13.4. The zero-order valence-electron chi connectivity index (χ0n) is 9.52. The van der Waals surface area contributed by atoms with E-state index in [0.29, 0.717) is 15.6 Å². The van der Waals surface area contributed by atoms with E-state index in [9.17, 15) is 8.42 Å². The van der Waals surface area contributed by atoms with Crippen molar-refractivity contribution in [2.45, 2.75) is 4.90 Å². The van der Waals surface area contributed by atoms with Crippen LogP contribution in [0.2, 0.25) is 10.0 Å². The molecule has 0 unspecified atom stereocenters. The largest absolute Gasteiger partial charge is 0.224 e. The molecule has 2 nitrogen and oxygen atoms in total. The third-order valence-corrected chi connectivity index (χ3v) is 4.29. The van der Waals surface area contributed by atoms with Gasteiger partial charge in [0.15, 0.2) is 9.84 Å². The fraction of sp³-hybridized carbons (Fsp3) is 0.0769. The normalized spacial score (nSPS) is 11.5. The van der Waals surface area contributed by atoms with Crippen LogP contribution in [0.1, 0.15) is 0 Å². The predicted octanol–water partition coefficient (Wildman–Crippen LogP) is 4.06. The maximum absolute atomic E-state index is 11.4. The summed E-state index contributed by atoms with van der Waals surface area (Å²) in [5.41, 5.74) is 1.50. The predicted molar refractivity (Wildman–Crippen MR) is 75.0 cm³/mol. The Bertz CT molecular complexity index is 656. The topological polar surface area (TPSA) is 34.1 Å². The average molecular weight is 301 g/mol. The van der Waals surface area contributed by atoms with Crippen LogP contribution in [0.15, 0.2) is 47.4 Å². The molecule has 0 saturated heterocycles. The van der Waals surface area contributed by atoms with Gasteiger partial charge in [-0.1, -0.05) is 41.4 Å². The standard InChI is InChI=1S/C13H10Cl2O2S/c1-18(16,17)10-7-5-9(6-8-10)13-11(14)3-2-4-12(13)15/h2-8H,1H3. The number of halogens is 2. The molecule has 94 valence electrons. The van der Waals surface area contributed by atoms with Crippen molar-refractivity contribution in [3.05, 3.63) is 52.5 Å². The van der Waals surface area contributed by atoms with Gasteiger partial charge < -0.3 is 0 Å². The smallest absolute Gasteiger partial charge is 0.175 e. The average Bonchev–Trinajstić information content (AvgIpc) is 2.28. The summed E-state index contributed by atoms with van der Waals surface area (Å²) in [6, 6.07) is 11.7. The van der Waals surface area contributed by atoms with E-state index in [1.54, 1.807) is 42.5 Å². The van der Waals surface area contributed by atoms with Crippen molar-refractivity contribution in [3.8, 4) is 11.1 Å². The van der Waals surface area contributed by atoms with Gasteiger partial charge in [0, 0.05) is 21.9 Å². The molecule has 0 bridgehead atoms. The van der Waals surface area contributed by atoms with Crippen LogP contribution in [0.3, 0.4) is 0 Å². The summed E-state index contributed by atoms with van der Waals surface area (Å²) in [5, 5.41) is 1.07. The van der Waals surface area contributed by atoms with Crippen molar-refractivity contribution in [2.24, 2.45) is 0 Å². The summed E-state index contributed by atoms with van der Waals surface area (Å²) in [5.74, 6) is 0. The highest BCUT2D eigenvalue weighted by molar-refractivity contribution is 7.90. The van der Waals surface area contributed by atoms with E-state index < -0.39 is 9.84 Å². The number of rotatable bonds is 2. The van der Waals surface area contributed by atoms with E-state index in [-0.39, 0.29) is 4.90 Å². The Kier molecular flexibility index (Phi) is 3.66. The molecule has 0 N–H and O–H groups in total. The number of hydrogen-bond acceptors (Lipinski definition) is 2. The molecule has 18 heavy (non-hydrogen) atoms. The molecule has 2 rings (SSSR count). The van der Waals surface area contributed by atoms with E-state index in [1.165, 1.54) is 6.26 Å². The van der Waals surface area contributed by atoms with Gasteiger partial charge in [0.05, 0.1) is 4.90 Å². The van der Waals surface area contributed by atoms with Crippen molar-refractivity contribution in [1.29, 1.82) is 0 Å². The van der Waals surface area contributed by atoms with E-state index in [2.05, 4.69) is 0 Å². The van der Waals surface area contributed by atoms with Crippen LogP contribution < -0.4 is 0 Å². The maximum Gasteiger partial charge on any atom is 0.175 e. The highest BCUT2D eigenvalue weighted by Gasteiger charge is 2.10. The van der Waals surface area contributed by atoms with Gasteiger partial charge in [0.2, 0.25) is 0 Å². The maximum atomic E-state index is 11.4. The van der Waals surface area contributed by atoms with Crippen molar-refractivity contribution < 1.29 is 8.42 Å². The van der Waals surface area contributed by atoms with Gasteiger partial charge >= 0.3 is 0 Å². The molecule has 0 aliphatic rings. The highest BCUT2D eigenvalue weighted by atomic mass is 35.5. The SMILES string of the molecule is CS(=O)(=O)c1ccc(-c2c(Cl)cccc2Cl)cc1. The second-order valence-electron chi connectivity index (χ2n) is 3.89. The van der Waals surface area contributed by atoms with Crippen LogP contribution >= 0.6 is 23.2 Å². The van der Waals surface area contributed by atoms with Crippen molar-refractivity contribution >= 4 is 33.0 Å². The lowest BCUT2D eigenvalue weighted by Gasteiger charge is -2.07. The van der Waals surface area contributed by atoms with E-state index in [4.69, 9.17) is 23.2 Å². The molecular weight excluding hydrogens is 291 g/mol. The second-order valence-corrected chi connectivity index (χ2v) is 6.72. The molecule has 0 aliphatic heterocycles. The Morgan fingerprint density at radius 3 is 1.83 bits per heavy atom. The van der Waals surface area contributed by atoms with Gasteiger partial charge in [-0.15, -0.1) is 0 Å². The summed E-state index contributed by atoms with van der Waals surface area (Å²) in [6.45, 7) is 0. The quantitative estimate of drug-likeness (QED) is 0.838. The van der Waals surface area contributed by atoms with Crippen LogP contribution in [-0.2, 0) is 9.84 Å². The van der Waals surface area contributed by atoms with Crippen molar-refractivity contribution in [2.75, 3.05) is 6.26 Å². The minimum atomic E-state index is -3.19. The Labute approximate surface area is 116 Å². The fourth-order valence-corrected chi connectivity index (χ4v) is 2.89. The Hall–Kier alpha value is -1.03. The Morgan fingerprint density at radius 2 is 1.39 bits per heavy atom. The minimum absolute atomic E-state index is 0.273. The number of sulfone groups is 1. The summed E-state index contributed by atoms with van der Waals surface area (Å²) in [7, 11) is -3.19. The Balaban J connectivity index is 2.54. The molecule has 0 fully saturated rings. The van der Waals surface area contributed by atoms with E-state index in [0.717, 1.165) is 5.56 Å². The molecule has 0 spiro atoms. The molecule has 5 heteroatoms. The van der Waals surface area contributed by atoms with E-state index >= 15 is 0 Å². The van der Waals surface area contributed by atoms with Gasteiger partial charge in [0.25, 0.3) is 0 Å². The van der Waals surface area contributed by atoms with E-state index in [1.807, 2.05) is 0 Å².